The molecule has 0 unspecified atom stereocenters. The fourth-order valence-corrected chi connectivity index (χ4v) is 2.82. The lowest BCUT2D eigenvalue weighted by Crippen LogP contribution is -2.28. The smallest absolute Gasteiger partial charge is 0.338 e. The number of urea groups is 1. The molecule has 7 heteroatoms. The molecule has 0 saturated heterocycles. The molecule has 4 N–H and O–H groups in total. The molecule has 0 saturated carbocycles. The number of carboxylic acid groups (broad SMARTS) is 1. The molecule has 2 rings (SSSR count). The van der Waals surface area contributed by atoms with Gasteiger partial charge < -0.3 is 15.4 Å². The number of thiophene rings is 1. The lowest BCUT2D eigenvalue weighted by Gasteiger charge is -2.06. The normalized spacial score (nSPS) is 10.3. The molecule has 2 heterocycles. The summed E-state index contributed by atoms with van der Waals surface area (Å²) in [5.74, 6) is -1.03. The van der Waals surface area contributed by atoms with Crippen LogP contribution in [-0.2, 0) is 6.54 Å². The van der Waals surface area contributed by atoms with Crippen LogP contribution >= 0.6 is 11.3 Å². The van der Waals surface area contributed by atoms with E-state index in [1.807, 2.05) is 13.0 Å². The summed E-state index contributed by atoms with van der Waals surface area (Å²) in [5, 5.41) is 14.8. The van der Waals surface area contributed by atoms with Gasteiger partial charge in [0.25, 0.3) is 0 Å². The second-order valence-corrected chi connectivity index (χ2v) is 5.54. The van der Waals surface area contributed by atoms with Crippen LogP contribution in [0.2, 0.25) is 0 Å². The van der Waals surface area contributed by atoms with Crippen molar-refractivity contribution in [3.8, 4) is 0 Å². The Bertz CT molecular complexity index is 632. The summed E-state index contributed by atoms with van der Waals surface area (Å²) in [5.41, 5.74) is 1.78. The van der Waals surface area contributed by atoms with Crippen LogP contribution in [-0.4, -0.2) is 22.1 Å². The zero-order valence-corrected chi connectivity index (χ0v) is 11.9. The van der Waals surface area contributed by atoms with Gasteiger partial charge in [-0.1, -0.05) is 0 Å². The van der Waals surface area contributed by atoms with Crippen molar-refractivity contribution in [1.29, 1.82) is 0 Å². The highest BCUT2D eigenvalue weighted by Gasteiger charge is 2.20. The predicted octanol–water partition coefficient (Wildman–Crippen LogP) is 2.71. The van der Waals surface area contributed by atoms with Crippen molar-refractivity contribution >= 4 is 28.3 Å². The van der Waals surface area contributed by atoms with E-state index in [2.05, 4.69) is 15.6 Å². The third-order valence-electron chi connectivity index (χ3n) is 2.94. The summed E-state index contributed by atoms with van der Waals surface area (Å²) in [4.78, 5) is 26.8. The molecule has 0 spiro atoms. The second kappa shape index (κ2) is 5.79. The first kappa shape index (κ1) is 14.1. The topological polar surface area (TPSA) is 94.2 Å². The molecule has 2 aromatic heterocycles. The number of carboxylic acids is 1. The van der Waals surface area contributed by atoms with Crippen LogP contribution in [0.3, 0.4) is 0 Å². The fourth-order valence-electron chi connectivity index (χ4n) is 1.77. The molecule has 106 valence electrons. The Hall–Kier alpha value is -2.28. The molecule has 0 atom stereocenters. The minimum absolute atomic E-state index is 0.157. The highest BCUT2D eigenvalue weighted by molar-refractivity contribution is 7.16. The number of amides is 2. The number of anilines is 1. The Morgan fingerprint density at radius 1 is 1.40 bits per heavy atom. The van der Waals surface area contributed by atoms with Gasteiger partial charge in [0.05, 0.1) is 5.56 Å². The fraction of sp³-hybridized carbons (Fsp3) is 0.231. The summed E-state index contributed by atoms with van der Waals surface area (Å²) in [7, 11) is 0. The monoisotopic (exact) mass is 293 g/mol. The number of H-pyrrole nitrogens is 1. The van der Waals surface area contributed by atoms with Crippen LogP contribution in [0, 0.1) is 13.8 Å². The molecular weight excluding hydrogens is 278 g/mol. The van der Waals surface area contributed by atoms with Crippen molar-refractivity contribution in [2.75, 3.05) is 5.32 Å². The van der Waals surface area contributed by atoms with E-state index in [0.717, 1.165) is 10.4 Å². The van der Waals surface area contributed by atoms with E-state index in [1.165, 1.54) is 11.3 Å². The third-order valence-corrected chi connectivity index (χ3v) is 4.06. The summed E-state index contributed by atoms with van der Waals surface area (Å²) in [6.45, 7) is 3.94. The first-order valence-corrected chi connectivity index (χ1v) is 6.80. The van der Waals surface area contributed by atoms with Gasteiger partial charge in [0.1, 0.15) is 5.00 Å². The highest BCUT2D eigenvalue weighted by atomic mass is 32.1. The maximum atomic E-state index is 11.8. The number of hydrogen-bond donors (Lipinski definition) is 4. The van der Waals surface area contributed by atoms with Gasteiger partial charge in [-0.3, -0.25) is 5.32 Å². The maximum Gasteiger partial charge on any atom is 0.338 e. The van der Waals surface area contributed by atoms with Crippen molar-refractivity contribution in [3.63, 3.8) is 0 Å². The van der Waals surface area contributed by atoms with Gasteiger partial charge >= 0.3 is 12.0 Å². The zero-order valence-electron chi connectivity index (χ0n) is 11.1. The van der Waals surface area contributed by atoms with Crippen molar-refractivity contribution < 1.29 is 14.7 Å². The molecular formula is C13H15N3O3S. The maximum absolute atomic E-state index is 11.8. The Kier molecular flexibility index (Phi) is 4.09. The van der Waals surface area contributed by atoms with E-state index in [1.54, 1.807) is 19.3 Å². The Balaban J connectivity index is 2.04. The van der Waals surface area contributed by atoms with Crippen LogP contribution in [0.4, 0.5) is 9.80 Å². The number of aromatic nitrogens is 1. The van der Waals surface area contributed by atoms with E-state index in [4.69, 9.17) is 0 Å². The summed E-state index contributed by atoms with van der Waals surface area (Å²) >= 11 is 1.26. The zero-order chi connectivity index (χ0) is 14.7. The number of rotatable bonds is 4. The van der Waals surface area contributed by atoms with Gasteiger partial charge in [-0.25, -0.2) is 9.59 Å². The van der Waals surface area contributed by atoms with Gasteiger partial charge in [0, 0.05) is 23.8 Å². The van der Waals surface area contributed by atoms with Crippen LogP contribution < -0.4 is 10.6 Å². The van der Waals surface area contributed by atoms with E-state index < -0.39 is 12.0 Å². The van der Waals surface area contributed by atoms with Gasteiger partial charge in [0.2, 0.25) is 0 Å². The SMILES string of the molecule is Cc1sc(NC(=O)NCc2cc[nH]c2)c(C(=O)O)c1C. The van der Waals surface area contributed by atoms with Crippen LogP contribution in [0.15, 0.2) is 18.5 Å². The van der Waals surface area contributed by atoms with Crippen molar-refractivity contribution in [3.05, 3.63) is 40.0 Å². The Labute approximate surface area is 119 Å². The average Bonchev–Trinajstić information content (AvgIpc) is 2.96. The third kappa shape index (κ3) is 3.00. The molecule has 0 aromatic carbocycles. The largest absolute Gasteiger partial charge is 0.478 e. The molecule has 0 aliphatic heterocycles. The molecule has 0 radical (unpaired) electrons. The molecule has 20 heavy (non-hydrogen) atoms. The van der Waals surface area contributed by atoms with E-state index in [9.17, 15) is 14.7 Å². The van der Waals surface area contributed by atoms with Crippen molar-refractivity contribution in [2.45, 2.75) is 20.4 Å². The summed E-state index contributed by atoms with van der Waals surface area (Å²) in [6.07, 6.45) is 3.55. The van der Waals surface area contributed by atoms with Crippen molar-refractivity contribution in [2.24, 2.45) is 0 Å². The van der Waals surface area contributed by atoms with Crippen LogP contribution in [0.1, 0.15) is 26.4 Å². The number of aryl methyl sites for hydroxylation is 1. The van der Waals surface area contributed by atoms with E-state index in [-0.39, 0.29) is 5.56 Å². The van der Waals surface area contributed by atoms with E-state index >= 15 is 0 Å². The van der Waals surface area contributed by atoms with Gasteiger partial charge in [-0.2, -0.15) is 0 Å². The average molecular weight is 293 g/mol. The number of hydrogen-bond acceptors (Lipinski definition) is 3. The first-order chi connectivity index (χ1) is 9.49. The number of nitrogens with one attached hydrogen (secondary N) is 3. The molecule has 0 fully saturated rings. The summed E-state index contributed by atoms with van der Waals surface area (Å²) < 4.78 is 0. The van der Waals surface area contributed by atoms with Crippen molar-refractivity contribution in [1.82, 2.24) is 10.3 Å². The molecule has 0 aliphatic carbocycles. The van der Waals surface area contributed by atoms with Gasteiger partial charge in [0.15, 0.2) is 0 Å². The Morgan fingerprint density at radius 2 is 2.15 bits per heavy atom. The highest BCUT2D eigenvalue weighted by Crippen LogP contribution is 2.32. The number of aromatic carboxylic acids is 1. The summed E-state index contributed by atoms with van der Waals surface area (Å²) in [6, 6.07) is 1.43. The standard InChI is InChI=1S/C13H15N3O3S/c1-7-8(2)20-11(10(7)12(17)18)16-13(19)15-6-9-3-4-14-5-9/h3-5,14H,6H2,1-2H3,(H,17,18)(H2,15,16,19). The number of aromatic amines is 1. The van der Waals surface area contributed by atoms with Crippen LogP contribution in [0.5, 0.6) is 0 Å². The lowest BCUT2D eigenvalue weighted by atomic mass is 10.1. The van der Waals surface area contributed by atoms with Gasteiger partial charge in [-0.15, -0.1) is 11.3 Å². The van der Waals surface area contributed by atoms with Crippen LogP contribution in [0.25, 0.3) is 0 Å². The predicted molar refractivity (Wildman–Crippen MR) is 77.4 cm³/mol. The molecule has 0 bridgehead atoms. The molecule has 2 aromatic rings. The van der Waals surface area contributed by atoms with E-state index in [0.29, 0.717) is 17.1 Å². The molecule has 6 nitrogen and oxygen atoms in total. The second-order valence-electron chi connectivity index (χ2n) is 4.32. The molecule has 0 aliphatic rings. The lowest BCUT2D eigenvalue weighted by molar-refractivity contribution is 0.0697. The quantitative estimate of drug-likeness (QED) is 0.698. The minimum Gasteiger partial charge on any atom is -0.478 e. The van der Waals surface area contributed by atoms with Gasteiger partial charge in [-0.05, 0) is 31.0 Å². The number of carbonyl (C=O) groups excluding carboxylic acids is 1. The molecule has 2 amide bonds. The Morgan fingerprint density at radius 3 is 2.75 bits per heavy atom. The number of carbonyl (C=O) groups is 2. The first-order valence-electron chi connectivity index (χ1n) is 5.99. The minimum atomic E-state index is -1.03.